The van der Waals surface area contributed by atoms with Gasteiger partial charge in [-0.2, -0.15) is 0 Å². The summed E-state index contributed by atoms with van der Waals surface area (Å²) in [7, 11) is -8.61. The fourth-order valence-corrected chi connectivity index (χ4v) is 14.6. The van der Waals surface area contributed by atoms with E-state index in [4.69, 9.17) is 9.47 Å². The molecule has 2 saturated heterocycles. The molecule has 5 aromatic rings. The maximum Gasteiger partial charge on any atom is 0.297 e. The molecule has 3 aliphatic carbocycles. The molecule has 388 valence electrons. The normalized spacial score (nSPS) is 24.4. The highest BCUT2D eigenvalue weighted by Gasteiger charge is 2.50. The number of nitro benzene ring substituents is 1. The minimum Gasteiger partial charge on any atom is -0.489 e. The van der Waals surface area contributed by atoms with Gasteiger partial charge in [-0.25, -0.2) is 26.5 Å². The lowest BCUT2D eigenvalue weighted by molar-refractivity contribution is -0.384. The minimum absolute atomic E-state index is 0.00778. The van der Waals surface area contributed by atoms with Crippen molar-refractivity contribution in [3.63, 3.8) is 0 Å². The number of aliphatic hydroxyl groups is 1. The molecule has 5 N–H and O–H groups in total. The summed E-state index contributed by atoms with van der Waals surface area (Å²) in [6.45, 7) is 9.04. The summed E-state index contributed by atoms with van der Waals surface area (Å²) < 4.78 is 72.2. The first kappa shape index (κ1) is 49.3. The molecule has 2 aromatic heterocycles. The Morgan fingerprint density at radius 1 is 0.945 bits per heavy atom. The summed E-state index contributed by atoms with van der Waals surface area (Å²) in [5, 5.41) is 26.2. The number of aromatic nitrogens is 2. The molecule has 1 spiro atoms. The lowest BCUT2D eigenvalue weighted by atomic mass is 9.59. The van der Waals surface area contributed by atoms with Crippen molar-refractivity contribution in [3.8, 4) is 17.2 Å². The van der Waals surface area contributed by atoms with Crippen LogP contribution in [0.1, 0.15) is 131 Å². The predicted molar refractivity (Wildman–Crippen MR) is 278 cm³/mol. The number of benzene rings is 3. The molecule has 3 saturated carbocycles. The van der Waals surface area contributed by atoms with Gasteiger partial charge in [0, 0.05) is 60.6 Å². The van der Waals surface area contributed by atoms with E-state index in [1.165, 1.54) is 30.0 Å². The number of likely N-dealkylation sites (tertiary alicyclic amines) is 1. The lowest BCUT2D eigenvalue weighted by Gasteiger charge is -2.56. The number of nitrogens with one attached hydrogen (secondary N) is 4. The molecule has 20 heteroatoms. The predicted octanol–water partition coefficient (Wildman–Crippen LogP) is 9.11. The van der Waals surface area contributed by atoms with Gasteiger partial charge in [0.1, 0.15) is 18.0 Å². The Kier molecular flexibility index (Phi) is 12.7. The summed E-state index contributed by atoms with van der Waals surface area (Å²) in [6.07, 6.45) is 11.8. The van der Waals surface area contributed by atoms with Gasteiger partial charge in [-0.15, -0.1) is 0 Å². The molecule has 0 bridgehead atoms. The largest absolute Gasteiger partial charge is 0.489 e. The highest BCUT2D eigenvalue weighted by atomic mass is 32.2. The zero-order valence-electron chi connectivity index (χ0n) is 41.4. The van der Waals surface area contributed by atoms with E-state index in [0.717, 1.165) is 63.1 Å². The van der Waals surface area contributed by atoms with Gasteiger partial charge < -0.3 is 29.8 Å². The van der Waals surface area contributed by atoms with Crippen LogP contribution in [0.3, 0.4) is 0 Å². The number of hydrogen-bond acceptors (Lipinski definition) is 14. The quantitative estimate of drug-likeness (QED) is 0.0515. The van der Waals surface area contributed by atoms with Gasteiger partial charge in [-0.05, 0) is 143 Å². The third-order valence-electron chi connectivity index (χ3n) is 16.6. The van der Waals surface area contributed by atoms with Crippen molar-refractivity contribution in [2.24, 2.45) is 11.3 Å². The molecular formula is C53H64N8O10S2. The first-order chi connectivity index (χ1) is 34.8. The number of rotatable bonds is 14. The van der Waals surface area contributed by atoms with Crippen LogP contribution in [0.15, 0.2) is 77.8 Å². The average Bonchev–Trinajstić information content (AvgIpc) is 3.96. The second-order valence-corrected chi connectivity index (χ2v) is 25.7. The fraction of sp³-hybridized carbons (Fsp3) is 0.509. The number of ether oxygens (including phenoxy) is 2. The van der Waals surface area contributed by atoms with Gasteiger partial charge in [0.25, 0.3) is 21.6 Å². The number of sulfonamides is 2. The second kappa shape index (κ2) is 18.8. The van der Waals surface area contributed by atoms with Gasteiger partial charge >= 0.3 is 0 Å². The van der Waals surface area contributed by atoms with Gasteiger partial charge in [-0.1, -0.05) is 38.1 Å². The highest BCUT2D eigenvalue weighted by molar-refractivity contribution is 7.93. The summed E-state index contributed by atoms with van der Waals surface area (Å²) in [5.74, 6) is -0.767. The van der Waals surface area contributed by atoms with Gasteiger partial charge in [0.2, 0.25) is 10.0 Å². The van der Waals surface area contributed by atoms with Crippen LogP contribution in [0.2, 0.25) is 0 Å². The SMILES string of the molecule is CC(C)c1ccccc1[C@H]1CCCN1C1CC2(CCN(c3ccc(C(=O)NS(=O)(=O)c4cc5c(c([N+](=O)[O-])c4)N[C@@H]([C@H]4CC[C@](C)(O)CC4)CO5)c(Oc4cc5cc[nH]c5nc4NS(=O)(=O)C4CC4)c3)CC2)C1. The van der Waals surface area contributed by atoms with E-state index in [-0.39, 0.29) is 58.3 Å². The standard InChI is InChI=1S/C53H64N8O10S2/c1-32(2)39-7-4-5-8-40(39)43-9-6-22-60(43)36-29-53(30-36)19-23-59(24-20-53)35-10-13-41(45(26-35)71-47-25-34-16-21-54-49(34)56-50(47)57-72(66,67)37-11-12-37)51(62)58-73(68,69)38-27-44(61(64)65)48-46(28-38)70-31-42(55-48)33-14-17-52(3,63)18-15-33/h4-5,7-8,10,13,16,21,25-28,32-33,36-37,42-43,55,63H,6,9,11-12,14-15,17-20,22-24,29-31H2,1-3H3,(H,58,62)(H2,54,56,57)/t33-,42-,43-,52-/m1/s1. The Morgan fingerprint density at radius 3 is 2.42 bits per heavy atom. The Hall–Kier alpha value is -5.96. The summed E-state index contributed by atoms with van der Waals surface area (Å²) in [5.41, 5.74) is 2.79. The molecule has 5 fully saturated rings. The van der Waals surface area contributed by atoms with Crippen molar-refractivity contribution in [2.75, 3.05) is 41.2 Å². The number of piperidine rings is 1. The van der Waals surface area contributed by atoms with Crippen molar-refractivity contribution in [3.05, 3.63) is 99.7 Å². The smallest absolute Gasteiger partial charge is 0.297 e. The van der Waals surface area contributed by atoms with Crippen LogP contribution in [0, 0.1) is 21.4 Å². The van der Waals surface area contributed by atoms with Crippen LogP contribution in [0.25, 0.3) is 11.0 Å². The third-order valence-corrected chi connectivity index (χ3v) is 19.7. The Labute approximate surface area is 425 Å². The van der Waals surface area contributed by atoms with E-state index >= 15 is 0 Å². The molecule has 11 rings (SSSR count). The van der Waals surface area contributed by atoms with Gasteiger partial charge in [0.15, 0.2) is 23.0 Å². The first-order valence-electron chi connectivity index (χ1n) is 25.8. The molecule has 0 unspecified atom stereocenters. The molecule has 2 atom stereocenters. The molecule has 3 aromatic carbocycles. The number of carbonyl (C=O) groups is 1. The van der Waals surface area contributed by atoms with Crippen molar-refractivity contribution < 1.29 is 41.1 Å². The molecule has 3 aliphatic heterocycles. The van der Waals surface area contributed by atoms with Crippen LogP contribution in [-0.2, 0) is 20.0 Å². The molecule has 1 amide bonds. The van der Waals surface area contributed by atoms with Crippen molar-refractivity contribution >= 4 is 59.9 Å². The van der Waals surface area contributed by atoms with E-state index in [9.17, 15) is 36.9 Å². The number of pyridine rings is 1. The molecule has 6 aliphatic rings. The van der Waals surface area contributed by atoms with Crippen LogP contribution in [0.4, 0.5) is 22.9 Å². The van der Waals surface area contributed by atoms with E-state index in [2.05, 4.69) is 72.6 Å². The van der Waals surface area contributed by atoms with E-state index < -0.39 is 52.3 Å². The second-order valence-electron chi connectivity index (χ2n) is 22.0. The zero-order valence-corrected chi connectivity index (χ0v) is 43.1. The van der Waals surface area contributed by atoms with Crippen LogP contribution in [0.5, 0.6) is 17.2 Å². The number of nitro groups is 1. The van der Waals surface area contributed by atoms with Crippen molar-refractivity contribution in [2.45, 2.75) is 138 Å². The molecule has 5 heterocycles. The Morgan fingerprint density at radius 2 is 1.70 bits per heavy atom. The summed E-state index contributed by atoms with van der Waals surface area (Å²) in [4.78, 5) is 38.2. The summed E-state index contributed by atoms with van der Waals surface area (Å²) in [6, 6.07) is 19.9. The number of fused-ring (bicyclic) bond motifs is 2. The number of carbonyl (C=O) groups excluding carboxylic acids is 1. The molecule has 18 nitrogen and oxygen atoms in total. The number of aromatic amines is 1. The van der Waals surface area contributed by atoms with E-state index in [0.29, 0.717) is 67.6 Å². The zero-order chi connectivity index (χ0) is 51.0. The van der Waals surface area contributed by atoms with E-state index in [1.54, 1.807) is 37.4 Å². The average molecular weight is 1040 g/mol. The Bertz CT molecular complexity index is 3190. The van der Waals surface area contributed by atoms with Gasteiger partial charge in [-0.3, -0.25) is 24.5 Å². The molecule has 73 heavy (non-hydrogen) atoms. The van der Waals surface area contributed by atoms with Crippen molar-refractivity contribution in [1.82, 2.24) is 19.6 Å². The number of hydrogen-bond donors (Lipinski definition) is 5. The molecule has 0 radical (unpaired) electrons. The number of nitrogens with zero attached hydrogens (tertiary/aromatic N) is 4. The van der Waals surface area contributed by atoms with Crippen LogP contribution < -0.4 is 29.1 Å². The lowest BCUT2D eigenvalue weighted by Crippen LogP contribution is -2.54. The molecular weight excluding hydrogens is 973 g/mol. The number of anilines is 3. The monoisotopic (exact) mass is 1040 g/mol. The highest BCUT2D eigenvalue weighted by Crippen LogP contribution is 2.55. The van der Waals surface area contributed by atoms with Gasteiger partial charge in [0.05, 0.1) is 32.3 Å². The topological polar surface area (TPSA) is 238 Å². The number of amides is 1. The number of H-pyrrole nitrogens is 1. The van der Waals surface area contributed by atoms with Crippen LogP contribution >= 0.6 is 0 Å². The first-order valence-corrected chi connectivity index (χ1v) is 28.8. The third kappa shape index (κ3) is 9.82. The van der Waals surface area contributed by atoms with Crippen molar-refractivity contribution in [1.29, 1.82) is 0 Å². The fourth-order valence-electron chi connectivity index (χ4n) is 12.2. The van der Waals surface area contributed by atoms with E-state index in [1.807, 2.05) is 0 Å². The maximum absolute atomic E-state index is 14.4. The summed E-state index contributed by atoms with van der Waals surface area (Å²) >= 11 is 0. The maximum atomic E-state index is 14.4. The minimum atomic E-state index is -4.78. The Balaban J connectivity index is 0.851. The van der Waals surface area contributed by atoms with Crippen LogP contribution in [-0.4, -0.2) is 96.8 Å².